The van der Waals surface area contributed by atoms with Gasteiger partial charge in [-0.2, -0.15) is 23.5 Å². The van der Waals surface area contributed by atoms with Gasteiger partial charge in [0.2, 0.25) is 0 Å². The van der Waals surface area contributed by atoms with Crippen LogP contribution < -0.4 is 0 Å². The van der Waals surface area contributed by atoms with Gasteiger partial charge in [-0.3, -0.25) is 4.98 Å². The van der Waals surface area contributed by atoms with Gasteiger partial charge in [0.05, 0.1) is 0 Å². The quantitative estimate of drug-likeness (QED) is 0.150. The van der Waals surface area contributed by atoms with Crippen LogP contribution in [-0.4, -0.2) is 15.0 Å². The molecule has 3 nitrogen and oxygen atoms in total. The van der Waals surface area contributed by atoms with Crippen molar-refractivity contribution in [2.75, 3.05) is 0 Å². The molecule has 0 bridgehead atoms. The number of benzene rings is 3. The number of nitrogens with zero attached hydrogens (tertiary/aromatic N) is 3. The number of pyridine rings is 3. The average molecular weight is 606 g/mol. The molecule has 0 aliphatic carbocycles. The van der Waals surface area contributed by atoms with Crippen LogP contribution in [-0.2, 0) is 20.1 Å². The monoisotopic (exact) mass is 606 g/mol. The topological polar surface area (TPSA) is 38.7 Å². The fraction of sp³-hybridized carbons (Fsp3) is 0. The third-order valence-electron chi connectivity index (χ3n) is 5.30. The van der Waals surface area contributed by atoms with Gasteiger partial charge >= 0.3 is 0 Å². The molecule has 0 N–H and O–H groups in total. The Labute approximate surface area is 202 Å². The first-order valence-electron chi connectivity index (χ1n) is 9.96. The first kappa shape index (κ1) is 20.7. The van der Waals surface area contributed by atoms with E-state index in [1.165, 1.54) is 30.9 Å². The zero-order valence-corrected chi connectivity index (χ0v) is 20.0. The third kappa shape index (κ3) is 3.45. The maximum Gasteiger partial charge on any atom is 0.0251 e. The normalized spacial score (nSPS) is 10.9. The van der Waals surface area contributed by atoms with E-state index in [9.17, 15) is 0 Å². The molecular weight excluding hydrogens is 591 g/mol. The van der Waals surface area contributed by atoms with E-state index in [1.807, 2.05) is 60.0 Å². The van der Waals surface area contributed by atoms with Gasteiger partial charge in [0, 0.05) is 37.2 Å². The summed E-state index contributed by atoms with van der Waals surface area (Å²) in [7, 11) is 0. The van der Waals surface area contributed by atoms with E-state index in [-0.39, 0.29) is 20.1 Å². The Kier molecular flexibility index (Phi) is 5.62. The van der Waals surface area contributed by atoms with Gasteiger partial charge in [-0.05, 0) is 62.2 Å². The summed E-state index contributed by atoms with van der Waals surface area (Å²) in [6, 6.07) is 30.7. The van der Waals surface area contributed by atoms with Crippen LogP contribution in [0.5, 0.6) is 0 Å². The zero-order chi connectivity index (χ0) is 20.6. The number of aromatic nitrogens is 3. The molecule has 1 radical (unpaired) electrons. The molecule has 0 atom stereocenters. The standard InChI is InChI=1S/C17H8NS.C10H7N2.Ir/c1-4-10-11-6-3-9-18-17(11)12-5-2-8-14-16(12)15(10)13(7-1)19-14;1-3-7-11-9(5-1)10-6-2-4-8-12-10;/h1-4,6-9H;1-5,7-8H;/q2*-1;. The van der Waals surface area contributed by atoms with Crippen molar-refractivity contribution in [3.63, 3.8) is 0 Å². The number of thiophene rings is 1. The van der Waals surface area contributed by atoms with Gasteiger partial charge in [0.25, 0.3) is 0 Å². The predicted molar refractivity (Wildman–Crippen MR) is 128 cm³/mol. The first-order chi connectivity index (χ1) is 15.4. The Morgan fingerprint density at radius 1 is 0.625 bits per heavy atom. The van der Waals surface area contributed by atoms with Crippen molar-refractivity contribution in [1.29, 1.82) is 0 Å². The van der Waals surface area contributed by atoms with Crippen LogP contribution in [0.3, 0.4) is 0 Å². The Hall–Kier alpha value is -3.24. The molecule has 4 heterocycles. The molecule has 7 aromatic rings. The van der Waals surface area contributed by atoms with Crippen LogP contribution in [0, 0.1) is 12.1 Å². The van der Waals surface area contributed by atoms with E-state index in [1.54, 1.807) is 12.4 Å². The summed E-state index contributed by atoms with van der Waals surface area (Å²) in [5, 5.41) is 6.37. The maximum absolute atomic E-state index is 4.58. The second-order valence-electron chi connectivity index (χ2n) is 7.12. The molecule has 32 heavy (non-hydrogen) atoms. The van der Waals surface area contributed by atoms with Gasteiger partial charge < -0.3 is 9.97 Å². The van der Waals surface area contributed by atoms with Crippen LogP contribution in [0.4, 0.5) is 0 Å². The number of hydrogen-bond acceptors (Lipinski definition) is 4. The molecule has 4 aromatic heterocycles. The Bertz CT molecular complexity index is 1510. The predicted octanol–water partition coefficient (Wildman–Crippen LogP) is 6.94. The van der Waals surface area contributed by atoms with Crippen molar-refractivity contribution in [1.82, 2.24) is 15.0 Å². The maximum atomic E-state index is 4.58. The molecule has 3 aromatic carbocycles. The Morgan fingerprint density at radius 3 is 2.31 bits per heavy atom. The van der Waals surface area contributed by atoms with Gasteiger partial charge in [0.15, 0.2) is 0 Å². The van der Waals surface area contributed by atoms with Crippen molar-refractivity contribution in [3.05, 3.63) is 104 Å². The molecular formula is C27H15IrN3S-2. The number of rotatable bonds is 1. The van der Waals surface area contributed by atoms with Crippen LogP contribution in [0.1, 0.15) is 0 Å². The van der Waals surface area contributed by atoms with Crippen molar-refractivity contribution in [3.8, 4) is 11.4 Å². The van der Waals surface area contributed by atoms with E-state index < -0.39 is 0 Å². The Balaban J connectivity index is 0.000000145. The van der Waals surface area contributed by atoms with Gasteiger partial charge in [-0.25, -0.2) is 0 Å². The zero-order valence-electron chi connectivity index (χ0n) is 16.7. The molecule has 0 aliphatic rings. The smallest absolute Gasteiger partial charge is 0.0251 e. The van der Waals surface area contributed by atoms with Crippen molar-refractivity contribution < 1.29 is 20.1 Å². The SMILES string of the molecule is [Ir].[c-]1ccc2sc3cccc4c5cccnc5c1c2c34.[c-]1cccnc1-c1ccccn1. The molecule has 0 saturated heterocycles. The second kappa shape index (κ2) is 8.71. The molecule has 0 amide bonds. The van der Waals surface area contributed by atoms with Crippen LogP contribution in [0.15, 0.2) is 91.4 Å². The van der Waals surface area contributed by atoms with E-state index in [2.05, 4.69) is 57.4 Å². The third-order valence-corrected chi connectivity index (χ3v) is 6.42. The van der Waals surface area contributed by atoms with Crippen molar-refractivity contribution >= 4 is 53.2 Å². The molecule has 155 valence electrons. The van der Waals surface area contributed by atoms with Crippen LogP contribution >= 0.6 is 11.3 Å². The van der Waals surface area contributed by atoms with E-state index >= 15 is 0 Å². The number of fused-ring (bicyclic) bond motifs is 3. The molecule has 7 rings (SSSR count). The summed E-state index contributed by atoms with van der Waals surface area (Å²) in [4.78, 5) is 12.9. The summed E-state index contributed by atoms with van der Waals surface area (Å²) in [5.74, 6) is 0. The molecule has 0 saturated carbocycles. The van der Waals surface area contributed by atoms with Gasteiger partial charge in [-0.15, -0.1) is 29.7 Å². The molecule has 0 unspecified atom stereocenters. The van der Waals surface area contributed by atoms with E-state index in [0.717, 1.165) is 22.3 Å². The fourth-order valence-corrected chi connectivity index (χ4v) is 5.15. The minimum atomic E-state index is 0. The van der Waals surface area contributed by atoms with Crippen molar-refractivity contribution in [2.45, 2.75) is 0 Å². The minimum Gasteiger partial charge on any atom is -0.318 e. The Morgan fingerprint density at radius 2 is 1.47 bits per heavy atom. The fourth-order valence-electron chi connectivity index (χ4n) is 4.01. The average Bonchev–Trinajstić information content (AvgIpc) is 3.25. The van der Waals surface area contributed by atoms with Gasteiger partial charge in [0.1, 0.15) is 0 Å². The second-order valence-corrected chi connectivity index (χ2v) is 8.20. The van der Waals surface area contributed by atoms with E-state index in [0.29, 0.717) is 0 Å². The summed E-state index contributed by atoms with van der Waals surface area (Å²) in [5.41, 5.74) is 2.71. The van der Waals surface area contributed by atoms with Crippen LogP contribution in [0.2, 0.25) is 0 Å². The minimum absolute atomic E-state index is 0. The van der Waals surface area contributed by atoms with Crippen LogP contribution in [0.25, 0.3) is 53.2 Å². The largest absolute Gasteiger partial charge is 0.318 e. The molecule has 0 fully saturated rings. The molecule has 5 heteroatoms. The summed E-state index contributed by atoms with van der Waals surface area (Å²) >= 11 is 1.85. The first-order valence-corrected chi connectivity index (χ1v) is 10.8. The summed E-state index contributed by atoms with van der Waals surface area (Å²) in [6.45, 7) is 0. The van der Waals surface area contributed by atoms with Gasteiger partial charge in [-0.1, -0.05) is 35.7 Å². The summed E-state index contributed by atoms with van der Waals surface area (Å²) < 4.78 is 2.68. The van der Waals surface area contributed by atoms with Crippen molar-refractivity contribution in [2.24, 2.45) is 0 Å². The molecule has 0 aliphatic heterocycles. The van der Waals surface area contributed by atoms with E-state index in [4.69, 9.17) is 0 Å². The molecule has 0 spiro atoms. The summed E-state index contributed by atoms with van der Waals surface area (Å²) in [6.07, 6.45) is 5.35. The number of hydrogen-bond donors (Lipinski definition) is 0.